The summed E-state index contributed by atoms with van der Waals surface area (Å²) < 4.78 is 11.4. The van der Waals surface area contributed by atoms with E-state index in [4.69, 9.17) is 22.3 Å². The summed E-state index contributed by atoms with van der Waals surface area (Å²) in [6.45, 7) is 0. The van der Waals surface area contributed by atoms with Gasteiger partial charge in [-0.05, 0) is 60.7 Å². The number of nitrogens with zero attached hydrogens (tertiary/aromatic N) is 4. The monoisotopic (exact) mass is 1210 g/mol. The van der Waals surface area contributed by atoms with E-state index >= 15 is 0 Å². The molecule has 0 unspecified atom stereocenters. The topological polar surface area (TPSA) is 70.0 Å². The molecule has 0 fully saturated rings. The molecule has 10 rings (SSSR count). The first-order valence-electron chi connectivity index (χ1n) is 20.4. The number of aromatic nitrogens is 4. The van der Waals surface area contributed by atoms with Crippen LogP contribution in [0.1, 0.15) is 11.1 Å². The van der Waals surface area contributed by atoms with Gasteiger partial charge in [-0.25, -0.2) is 9.97 Å². The van der Waals surface area contributed by atoms with Crippen LogP contribution in [-0.4, -0.2) is 34.2 Å². The quantitative estimate of drug-likeness (QED) is 0.117. The van der Waals surface area contributed by atoms with Crippen molar-refractivity contribution in [3.63, 3.8) is 0 Å². The standard InChI is InChI=1S/C26H16O2.2C16H11N2.2Pt/c1-5-17-7-9-19-11-13-23(27-3)25(21(19)15-17)26-22-16-18(6-2)8-10-20(22)12-14-24(26)28-4;2*1-2-7-13(8-3-1)14-10-6-11-16(18-14)15-9-4-5-12-17-15;;/h7-16H,3-4H3;2*1-7,9-12H;;. The van der Waals surface area contributed by atoms with E-state index in [-0.39, 0.29) is 42.1 Å². The summed E-state index contributed by atoms with van der Waals surface area (Å²) >= 11 is 0. The molecule has 6 nitrogen and oxygen atoms in total. The van der Waals surface area contributed by atoms with Gasteiger partial charge >= 0.3 is 164 Å². The molecule has 0 aliphatic rings. The van der Waals surface area contributed by atoms with Crippen molar-refractivity contribution in [3.8, 4) is 79.8 Å². The van der Waals surface area contributed by atoms with E-state index in [1.165, 1.54) is 0 Å². The summed E-state index contributed by atoms with van der Waals surface area (Å²) in [6.07, 6.45) is 18.6. The Bertz CT molecular complexity index is 2930. The number of fused-ring (bicyclic) bond motifs is 2. The molecule has 322 valence electrons. The molecule has 0 amide bonds. The normalized spacial score (nSPS) is 10.0. The Morgan fingerprint density at radius 2 is 0.894 bits per heavy atom. The van der Waals surface area contributed by atoms with Gasteiger partial charge in [0.25, 0.3) is 0 Å². The minimum Gasteiger partial charge on any atom is -0.255 e. The molecule has 0 saturated heterocycles. The van der Waals surface area contributed by atoms with E-state index in [1.54, 1.807) is 26.6 Å². The average Bonchev–Trinajstić information content (AvgIpc) is 3.39. The van der Waals surface area contributed by atoms with Gasteiger partial charge in [0.15, 0.2) is 0 Å². The third kappa shape index (κ3) is 11.3. The SMILES string of the molecule is [C+]#Cc1ccc2ccc(OC)c(-c3c(OC)ccc4ccc(C#[C-])cc34)c2c1.[Pt].[Pt].[c]1ccccc1-c1cccc(-c2ccccn2)n1.[c]1ccccc1-c1cccc(-c2ccccn2)n1. The second-order valence-corrected chi connectivity index (χ2v) is 14.2. The predicted molar refractivity (Wildman–Crippen MR) is 256 cm³/mol. The molecular weight excluding hydrogens is 1170 g/mol. The van der Waals surface area contributed by atoms with Crippen molar-refractivity contribution >= 4 is 21.5 Å². The Labute approximate surface area is 414 Å². The Hall–Kier alpha value is -7.24. The van der Waals surface area contributed by atoms with Gasteiger partial charge in [-0.1, -0.05) is 72.8 Å². The van der Waals surface area contributed by atoms with Crippen molar-refractivity contribution in [2.24, 2.45) is 0 Å². The zero-order chi connectivity index (χ0) is 44.1. The number of benzene rings is 6. The van der Waals surface area contributed by atoms with Gasteiger partial charge < -0.3 is 0 Å². The third-order valence-electron chi connectivity index (χ3n) is 10.3. The number of ether oxygens (including phenoxy) is 2. The molecule has 0 saturated carbocycles. The molecule has 0 aliphatic heterocycles. The molecule has 0 bridgehead atoms. The molecule has 10 aromatic rings. The van der Waals surface area contributed by atoms with Gasteiger partial charge in [0, 0.05) is 65.7 Å². The number of methoxy groups -OCH3 is 2. The molecule has 6 aromatic carbocycles. The van der Waals surface area contributed by atoms with E-state index in [1.807, 2.05) is 182 Å². The Morgan fingerprint density at radius 3 is 1.30 bits per heavy atom. The average molecular weight is 1210 g/mol. The summed E-state index contributed by atoms with van der Waals surface area (Å²) in [5.74, 6) is 6.35. The summed E-state index contributed by atoms with van der Waals surface area (Å²) in [5.41, 5.74) is 10.5. The fraction of sp³-hybridized carbons (Fsp3) is 0.0345. The Balaban J connectivity index is 0.000000167. The Morgan fingerprint density at radius 1 is 0.470 bits per heavy atom. The molecule has 4 heterocycles. The van der Waals surface area contributed by atoms with Crippen LogP contribution in [0.3, 0.4) is 0 Å². The van der Waals surface area contributed by atoms with E-state index in [0.29, 0.717) is 22.6 Å². The summed E-state index contributed by atoms with van der Waals surface area (Å²) in [6, 6.07) is 65.0. The van der Waals surface area contributed by atoms with Crippen molar-refractivity contribution in [2.45, 2.75) is 0 Å². The molecule has 2 radical (unpaired) electrons. The second-order valence-electron chi connectivity index (χ2n) is 14.2. The van der Waals surface area contributed by atoms with E-state index in [9.17, 15) is 0 Å². The summed E-state index contributed by atoms with van der Waals surface area (Å²) in [5, 5.41) is 3.96. The molecule has 0 N–H and O–H groups in total. The molecule has 66 heavy (non-hydrogen) atoms. The maximum Gasteiger partial charge on any atom is 0.0893 e. The van der Waals surface area contributed by atoms with Crippen LogP contribution in [-0.2, 0) is 42.1 Å². The van der Waals surface area contributed by atoms with Crippen molar-refractivity contribution in [1.82, 2.24) is 19.9 Å². The zero-order valence-electron chi connectivity index (χ0n) is 35.7. The third-order valence-corrected chi connectivity index (χ3v) is 10.3. The first-order valence-corrected chi connectivity index (χ1v) is 20.4. The van der Waals surface area contributed by atoms with Crippen LogP contribution in [0.2, 0.25) is 0 Å². The maximum atomic E-state index is 7.52. The van der Waals surface area contributed by atoms with Gasteiger partial charge in [-0.3, -0.25) is 9.97 Å². The zero-order valence-corrected chi connectivity index (χ0v) is 40.3. The fourth-order valence-corrected chi connectivity index (χ4v) is 7.20. The predicted octanol–water partition coefficient (Wildman–Crippen LogP) is 12.8. The number of hydrogen-bond acceptors (Lipinski definition) is 6. The first-order chi connectivity index (χ1) is 31.6. The van der Waals surface area contributed by atoms with Crippen LogP contribution < -0.4 is 9.47 Å². The fourth-order valence-electron chi connectivity index (χ4n) is 7.20. The van der Waals surface area contributed by atoms with Gasteiger partial charge in [0.1, 0.15) is 0 Å². The van der Waals surface area contributed by atoms with Crippen LogP contribution in [0.5, 0.6) is 11.5 Å². The minimum absolute atomic E-state index is 0. The van der Waals surface area contributed by atoms with E-state index in [0.717, 1.165) is 78.0 Å². The first kappa shape index (κ1) is 48.2. The largest absolute Gasteiger partial charge is 0.255 e. The van der Waals surface area contributed by atoms with Crippen LogP contribution in [0.15, 0.2) is 194 Å². The van der Waals surface area contributed by atoms with E-state index < -0.39 is 0 Å². The number of hydrogen-bond donors (Lipinski definition) is 0. The molecule has 8 heteroatoms. The minimum atomic E-state index is 0. The van der Waals surface area contributed by atoms with Crippen LogP contribution in [0.4, 0.5) is 0 Å². The molecular formula is C58H38N4O2Pt2. The van der Waals surface area contributed by atoms with E-state index in [2.05, 4.69) is 43.9 Å². The van der Waals surface area contributed by atoms with Crippen molar-refractivity contribution in [3.05, 3.63) is 230 Å². The van der Waals surface area contributed by atoms with Crippen LogP contribution >= 0.6 is 0 Å². The summed E-state index contributed by atoms with van der Waals surface area (Å²) in [4.78, 5) is 17.9. The van der Waals surface area contributed by atoms with Crippen molar-refractivity contribution < 1.29 is 51.6 Å². The van der Waals surface area contributed by atoms with Gasteiger partial charge in [-0.2, -0.15) is 0 Å². The van der Waals surface area contributed by atoms with Gasteiger partial charge in [0.05, 0.1) is 34.2 Å². The number of pyridine rings is 4. The van der Waals surface area contributed by atoms with Gasteiger partial charge in [-0.15, -0.1) is 0 Å². The molecule has 4 aromatic heterocycles. The number of rotatable bonds is 7. The maximum absolute atomic E-state index is 7.52. The van der Waals surface area contributed by atoms with Crippen LogP contribution in [0, 0.1) is 36.8 Å². The van der Waals surface area contributed by atoms with Gasteiger partial charge in [0.2, 0.25) is 0 Å². The Kier molecular flexibility index (Phi) is 17.3. The van der Waals surface area contributed by atoms with Crippen molar-refractivity contribution in [1.29, 1.82) is 0 Å². The molecule has 0 spiro atoms. The van der Waals surface area contributed by atoms with Crippen LogP contribution in [0.25, 0.3) is 78.0 Å². The molecule has 0 atom stereocenters. The smallest absolute Gasteiger partial charge is 0.0893 e. The second kappa shape index (κ2) is 23.6. The molecule has 0 aliphatic carbocycles. The van der Waals surface area contributed by atoms with Crippen molar-refractivity contribution in [2.75, 3.05) is 14.2 Å². The summed E-state index contributed by atoms with van der Waals surface area (Å²) in [7, 11) is 3.29.